The Labute approximate surface area is 130 Å². The van der Waals surface area contributed by atoms with E-state index in [0.717, 1.165) is 0 Å². The van der Waals surface area contributed by atoms with Crippen molar-refractivity contribution in [1.29, 1.82) is 0 Å². The molecule has 0 spiro atoms. The van der Waals surface area contributed by atoms with Crippen LogP contribution >= 0.6 is 0 Å². The minimum absolute atomic E-state index is 0.00661. The zero-order valence-corrected chi connectivity index (χ0v) is 14.7. The Morgan fingerprint density at radius 1 is 0.952 bits per heavy atom. The molecule has 1 saturated heterocycles. The summed E-state index contributed by atoms with van der Waals surface area (Å²) in [7, 11) is 0. The summed E-state index contributed by atoms with van der Waals surface area (Å²) in [5, 5.41) is 3.62. The van der Waals surface area contributed by atoms with Crippen LogP contribution in [-0.2, 0) is 4.79 Å². The average molecular weight is 294 g/mol. The number of carbonyl (C=O) groups excluding carboxylic acids is 1. The van der Waals surface area contributed by atoms with E-state index in [2.05, 4.69) is 51.8 Å². The molecule has 4 unspecified atom stereocenters. The number of hydrogen-bond donors (Lipinski definition) is 1. The molecule has 4 atom stereocenters. The fourth-order valence-electron chi connectivity index (χ4n) is 4.26. The van der Waals surface area contributed by atoms with Gasteiger partial charge in [0.1, 0.15) is 0 Å². The van der Waals surface area contributed by atoms with Crippen LogP contribution in [0.2, 0.25) is 0 Å². The third-order valence-electron chi connectivity index (χ3n) is 5.46. The molecule has 122 valence electrons. The summed E-state index contributed by atoms with van der Waals surface area (Å²) >= 11 is 0. The van der Waals surface area contributed by atoms with Crippen molar-refractivity contribution in [1.82, 2.24) is 10.2 Å². The van der Waals surface area contributed by atoms with Crippen LogP contribution in [0.15, 0.2) is 0 Å². The summed E-state index contributed by atoms with van der Waals surface area (Å²) < 4.78 is 0. The van der Waals surface area contributed by atoms with Crippen molar-refractivity contribution in [3.05, 3.63) is 0 Å². The van der Waals surface area contributed by atoms with E-state index in [1.54, 1.807) is 0 Å². The second-order valence-electron chi connectivity index (χ2n) is 8.08. The van der Waals surface area contributed by atoms with Gasteiger partial charge in [0.2, 0.25) is 5.91 Å². The first-order valence-corrected chi connectivity index (χ1v) is 8.92. The van der Waals surface area contributed by atoms with E-state index in [-0.39, 0.29) is 12.2 Å². The van der Waals surface area contributed by atoms with E-state index >= 15 is 0 Å². The minimum atomic E-state index is 0.00661. The van der Waals surface area contributed by atoms with E-state index in [4.69, 9.17) is 0 Å². The Hall–Kier alpha value is -0.570. The molecule has 2 rings (SSSR count). The maximum atomic E-state index is 13.0. The molecule has 1 heterocycles. The van der Waals surface area contributed by atoms with E-state index < -0.39 is 0 Å². The van der Waals surface area contributed by atoms with Crippen LogP contribution in [-0.4, -0.2) is 29.1 Å². The molecule has 2 fully saturated rings. The zero-order chi connectivity index (χ0) is 15.7. The van der Waals surface area contributed by atoms with Gasteiger partial charge in [-0.15, -0.1) is 0 Å². The molecule has 3 nitrogen and oxygen atoms in total. The molecule has 0 aromatic carbocycles. The highest BCUT2D eigenvalue weighted by atomic mass is 16.2. The Morgan fingerprint density at radius 3 is 2.10 bits per heavy atom. The van der Waals surface area contributed by atoms with Crippen molar-refractivity contribution in [2.24, 2.45) is 23.7 Å². The molecule has 1 aliphatic heterocycles. The lowest BCUT2D eigenvalue weighted by molar-refractivity contribution is -0.136. The third kappa shape index (κ3) is 3.28. The standard InChI is InChI=1S/C18H34N2O/c1-11(2)14-9-7-8-10-15(14)20-17(13(5)6)19-16(12(3)4)18(20)21/h11-17,19H,7-10H2,1-6H3. The van der Waals surface area contributed by atoms with Crippen molar-refractivity contribution in [3.63, 3.8) is 0 Å². The van der Waals surface area contributed by atoms with Crippen LogP contribution in [0, 0.1) is 23.7 Å². The van der Waals surface area contributed by atoms with E-state index in [9.17, 15) is 4.79 Å². The second-order valence-corrected chi connectivity index (χ2v) is 8.08. The van der Waals surface area contributed by atoms with E-state index in [0.29, 0.717) is 35.6 Å². The molecular weight excluding hydrogens is 260 g/mol. The number of carbonyl (C=O) groups is 1. The summed E-state index contributed by atoms with van der Waals surface area (Å²) in [4.78, 5) is 15.2. The number of nitrogens with zero attached hydrogens (tertiary/aromatic N) is 1. The molecule has 3 heteroatoms. The Balaban J connectivity index is 2.26. The molecular formula is C18H34N2O. The predicted molar refractivity (Wildman–Crippen MR) is 87.8 cm³/mol. The molecule has 0 aromatic heterocycles. The molecule has 1 aliphatic carbocycles. The van der Waals surface area contributed by atoms with Gasteiger partial charge in [0.25, 0.3) is 0 Å². The monoisotopic (exact) mass is 294 g/mol. The Kier molecular flexibility index (Phi) is 5.34. The summed E-state index contributed by atoms with van der Waals surface area (Å²) in [6.45, 7) is 13.4. The smallest absolute Gasteiger partial charge is 0.241 e. The lowest BCUT2D eigenvalue weighted by Gasteiger charge is -2.43. The van der Waals surface area contributed by atoms with Gasteiger partial charge >= 0.3 is 0 Å². The maximum absolute atomic E-state index is 13.0. The van der Waals surface area contributed by atoms with Crippen LogP contribution in [0.1, 0.15) is 67.2 Å². The number of amides is 1. The van der Waals surface area contributed by atoms with Crippen LogP contribution in [0.3, 0.4) is 0 Å². The molecule has 0 bridgehead atoms. The van der Waals surface area contributed by atoms with Gasteiger partial charge in [0, 0.05) is 6.04 Å². The highest BCUT2D eigenvalue weighted by Gasteiger charge is 2.47. The van der Waals surface area contributed by atoms with E-state index in [1.807, 2.05) is 0 Å². The molecule has 2 aliphatic rings. The highest BCUT2D eigenvalue weighted by molar-refractivity contribution is 5.85. The van der Waals surface area contributed by atoms with Crippen molar-refractivity contribution >= 4 is 5.91 Å². The molecule has 0 aromatic rings. The lowest BCUT2D eigenvalue weighted by atomic mass is 9.76. The number of hydrogen-bond acceptors (Lipinski definition) is 2. The van der Waals surface area contributed by atoms with Crippen LogP contribution in [0.5, 0.6) is 0 Å². The van der Waals surface area contributed by atoms with Crippen LogP contribution < -0.4 is 5.32 Å². The largest absolute Gasteiger partial charge is 0.322 e. The molecule has 1 amide bonds. The van der Waals surface area contributed by atoms with Crippen LogP contribution in [0.25, 0.3) is 0 Å². The average Bonchev–Trinajstić information content (AvgIpc) is 2.76. The van der Waals surface area contributed by atoms with Crippen molar-refractivity contribution < 1.29 is 4.79 Å². The van der Waals surface area contributed by atoms with Gasteiger partial charge in [-0.25, -0.2) is 0 Å². The first-order chi connectivity index (χ1) is 9.84. The molecule has 1 saturated carbocycles. The highest BCUT2D eigenvalue weighted by Crippen LogP contribution is 2.37. The van der Waals surface area contributed by atoms with Gasteiger partial charge in [-0.3, -0.25) is 10.1 Å². The molecule has 21 heavy (non-hydrogen) atoms. The Morgan fingerprint density at radius 2 is 1.57 bits per heavy atom. The Bertz CT molecular complexity index is 364. The van der Waals surface area contributed by atoms with Gasteiger partial charge in [-0.2, -0.15) is 0 Å². The second kappa shape index (κ2) is 6.68. The van der Waals surface area contributed by atoms with Gasteiger partial charge in [-0.1, -0.05) is 54.4 Å². The normalized spacial score (nSPS) is 34.5. The van der Waals surface area contributed by atoms with Crippen molar-refractivity contribution in [2.75, 3.05) is 0 Å². The SMILES string of the molecule is CC(C)C1NC(C(C)C)N(C2CCCCC2C(C)C)C1=O. The predicted octanol–water partition coefficient (Wildman–Crippen LogP) is 3.64. The number of rotatable bonds is 4. The topological polar surface area (TPSA) is 32.3 Å². The summed E-state index contributed by atoms with van der Waals surface area (Å²) in [6.07, 6.45) is 5.28. The summed E-state index contributed by atoms with van der Waals surface area (Å²) in [5.74, 6) is 2.50. The number of nitrogens with one attached hydrogen (secondary N) is 1. The zero-order valence-electron chi connectivity index (χ0n) is 14.7. The van der Waals surface area contributed by atoms with Gasteiger partial charge in [0.15, 0.2) is 0 Å². The van der Waals surface area contributed by atoms with Crippen molar-refractivity contribution in [2.45, 2.75) is 85.5 Å². The fourth-order valence-corrected chi connectivity index (χ4v) is 4.26. The van der Waals surface area contributed by atoms with E-state index in [1.165, 1.54) is 25.7 Å². The molecule has 1 N–H and O–H groups in total. The van der Waals surface area contributed by atoms with Crippen molar-refractivity contribution in [3.8, 4) is 0 Å². The minimum Gasteiger partial charge on any atom is -0.322 e. The van der Waals surface area contributed by atoms with Gasteiger partial charge in [0.05, 0.1) is 12.2 Å². The maximum Gasteiger partial charge on any atom is 0.241 e. The molecule has 0 radical (unpaired) electrons. The first-order valence-electron chi connectivity index (χ1n) is 8.92. The summed E-state index contributed by atoms with van der Waals surface area (Å²) in [6, 6.07) is 0.446. The van der Waals surface area contributed by atoms with Gasteiger partial charge < -0.3 is 4.90 Å². The fraction of sp³-hybridized carbons (Fsp3) is 0.944. The quantitative estimate of drug-likeness (QED) is 0.858. The van der Waals surface area contributed by atoms with Crippen LogP contribution in [0.4, 0.5) is 0 Å². The lowest BCUT2D eigenvalue weighted by Crippen LogP contribution is -2.52. The summed E-state index contributed by atoms with van der Waals surface area (Å²) in [5.41, 5.74) is 0. The third-order valence-corrected chi connectivity index (χ3v) is 5.46. The first kappa shape index (κ1) is 16.8. The van der Waals surface area contributed by atoms with Gasteiger partial charge in [-0.05, 0) is 36.5 Å².